The number of aromatic nitrogens is 3. The molecule has 0 saturated heterocycles. The number of fused-ring (bicyclic) bond motifs is 2. The fourth-order valence-electron chi connectivity index (χ4n) is 3.30. The molecule has 0 spiro atoms. The van der Waals surface area contributed by atoms with Crippen LogP contribution in [-0.2, 0) is 13.1 Å². The average Bonchev–Trinajstić information content (AvgIpc) is 3.29. The lowest BCUT2D eigenvalue weighted by Crippen LogP contribution is -2.03. The molecule has 4 N–H and O–H groups in total. The standard InChI is InChI=1S/C20H18N6O2/c1-11-8-22-19(24-14-3-2-12-9-21-10-13(12)6-14)26-18(11)23-15-4-5-17-16(7-15)25-20(27)28-17/h2-8,21H,9-10H2,1H3,(H,25,27)(H2,22,23,24,26). The molecule has 0 fully saturated rings. The molecule has 2 aromatic carbocycles. The number of anilines is 4. The maximum Gasteiger partial charge on any atom is 0.417 e. The van der Waals surface area contributed by atoms with E-state index >= 15 is 0 Å². The summed E-state index contributed by atoms with van der Waals surface area (Å²) in [7, 11) is 0. The maximum atomic E-state index is 11.3. The summed E-state index contributed by atoms with van der Waals surface area (Å²) in [5, 5.41) is 9.88. The summed E-state index contributed by atoms with van der Waals surface area (Å²) in [6, 6.07) is 11.7. The van der Waals surface area contributed by atoms with Gasteiger partial charge in [-0.05, 0) is 48.4 Å². The van der Waals surface area contributed by atoms with Crippen molar-refractivity contribution in [1.82, 2.24) is 20.3 Å². The van der Waals surface area contributed by atoms with E-state index in [1.807, 2.05) is 25.1 Å². The van der Waals surface area contributed by atoms with E-state index in [2.05, 4.69) is 43.0 Å². The van der Waals surface area contributed by atoms with Crippen LogP contribution in [0.15, 0.2) is 51.8 Å². The Labute approximate surface area is 160 Å². The van der Waals surface area contributed by atoms with Gasteiger partial charge in [-0.15, -0.1) is 0 Å². The number of hydrogen-bond donors (Lipinski definition) is 4. The number of rotatable bonds is 4. The van der Waals surface area contributed by atoms with Crippen molar-refractivity contribution in [3.8, 4) is 0 Å². The first kappa shape index (κ1) is 16.5. The second kappa shape index (κ2) is 6.50. The number of oxazole rings is 1. The molecule has 5 rings (SSSR count). The van der Waals surface area contributed by atoms with Crippen LogP contribution in [0.3, 0.4) is 0 Å². The molecule has 1 aliphatic heterocycles. The van der Waals surface area contributed by atoms with Crippen molar-refractivity contribution in [3.05, 3.63) is 69.8 Å². The normalized spacial score (nSPS) is 12.9. The summed E-state index contributed by atoms with van der Waals surface area (Å²) in [4.78, 5) is 23.0. The Morgan fingerprint density at radius 3 is 2.79 bits per heavy atom. The van der Waals surface area contributed by atoms with Gasteiger partial charge in [0.15, 0.2) is 5.58 Å². The van der Waals surface area contributed by atoms with Gasteiger partial charge >= 0.3 is 5.76 Å². The molecule has 4 aromatic rings. The fourth-order valence-corrected chi connectivity index (χ4v) is 3.30. The molecule has 3 heterocycles. The van der Waals surface area contributed by atoms with Gasteiger partial charge in [-0.25, -0.2) is 9.78 Å². The monoisotopic (exact) mass is 374 g/mol. The second-order valence-electron chi connectivity index (χ2n) is 6.79. The van der Waals surface area contributed by atoms with Crippen LogP contribution >= 0.6 is 0 Å². The lowest BCUT2D eigenvalue weighted by molar-refractivity contribution is 0.555. The minimum atomic E-state index is -0.471. The van der Waals surface area contributed by atoms with Crippen LogP contribution in [0.2, 0.25) is 0 Å². The number of nitrogens with zero attached hydrogens (tertiary/aromatic N) is 2. The quantitative estimate of drug-likeness (QED) is 0.434. The molecule has 0 radical (unpaired) electrons. The SMILES string of the molecule is Cc1cnc(Nc2ccc3c(c2)CNC3)nc1Nc1ccc2oc(=O)[nH]c2c1. The van der Waals surface area contributed by atoms with E-state index in [0.717, 1.165) is 30.0 Å². The number of nitrogens with one attached hydrogen (secondary N) is 4. The van der Waals surface area contributed by atoms with E-state index < -0.39 is 5.76 Å². The highest BCUT2D eigenvalue weighted by molar-refractivity contribution is 5.78. The number of H-pyrrole nitrogens is 1. The minimum absolute atomic E-state index is 0.471. The van der Waals surface area contributed by atoms with Crippen molar-refractivity contribution in [3.63, 3.8) is 0 Å². The van der Waals surface area contributed by atoms with Gasteiger partial charge in [-0.2, -0.15) is 4.98 Å². The molecule has 8 nitrogen and oxygen atoms in total. The Morgan fingerprint density at radius 1 is 1.04 bits per heavy atom. The van der Waals surface area contributed by atoms with Crippen LogP contribution in [0.5, 0.6) is 0 Å². The maximum absolute atomic E-state index is 11.3. The molecule has 0 amide bonds. The zero-order valence-electron chi connectivity index (χ0n) is 15.2. The Hall–Kier alpha value is -3.65. The van der Waals surface area contributed by atoms with Crippen molar-refractivity contribution < 1.29 is 4.42 Å². The Morgan fingerprint density at radius 2 is 1.86 bits per heavy atom. The molecule has 28 heavy (non-hydrogen) atoms. The molecule has 0 unspecified atom stereocenters. The van der Waals surface area contributed by atoms with Gasteiger partial charge in [0, 0.05) is 36.2 Å². The topological polar surface area (TPSA) is 108 Å². The van der Waals surface area contributed by atoms with Crippen molar-refractivity contribution in [1.29, 1.82) is 0 Å². The van der Waals surface area contributed by atoms with Gasteiger partial charge in [0.25, 0.3) is 0 Å². The zero-order valence-corrected chi connectivity index (χ0v) is 15.2. The first-order chi connectivity index (χ1) is 13.6. The van der Waals surface area contributed by atoms with Gasteiger partial charge in [0.05, 0.1) is 5.52 Å². The molecule has 8 heteroatoms. The van der Waals surface area contributed by atoms with Gasteiger partial charge in [-0.1, -0.05) is 6.07 Å². The van der Waals surface area contributed by atoms with Crippen LogP contribution in [0, 0.1) is 6.92 Å². The summed E-state index contributed by atoms with van der Waals surface area (Å²) in [5.74, 6) is 0.726. The van der Waals surface area contributed by atoms with Crippen LogP contribution in [0.25, 0.3) is 11.1 Å². The summed E-state index contributed by atoms with van der Waals surface area (Å²) < 4.78 is 5.04. The molecule has 0 bridgehead atoms. The molecule has 0 saturated carbocycles. The summed E-state index contributed by atoms with van der Waals surface area (Å²) >= 11 is 0. The lowest BCUT2D eigenvalue weighted by atomic mass is 10.1. The predicted octanol–water partition coefficient (Wildman–Crippen LogP) is 3.31. The molecule has 0 atom stereocenters. The smallest absolute Gasteiger partial charge is 0.408 e. The van der Waals surface area contributed by atoms with Crippen molar-refractivity contribution in [2.45, 2.75) is 20.0 Å². The van der Waals surface area contributed by atoms with Gasteiger partial charge < -0.3 is 20.4 Å². The molecule has 1 aliphatic rings. The van der Waals surface area contributed by atoms with E-state index in [-0.39, 0.29) is 0 Å². The first-order valence-electron chi connectivity index (χ1n) is 8.97. The van der Waals surface area contributed by atoms with Crippen molar-refractivity contribution in [2.75, 3.05) is 10.6 Å². The lowest BCUT2D eigenvalue weighted by Gasteiger charge is -2.11. The van der Waals surface area contributed by atoms with Crippen molar-refractivity contribution >= 4 is 34.2 Å². The molecule has 0 aliphatic carbocycles. The molecule has 2 aromatic heterocycles. The predicted molar refractivity (Wildman–Crippen MR) is 107 cm³/mol. The molecular weight excluding hydrogens is 356 g/mol. The van der Waals surface area contributed by atoms with E-state index in [9.17, 15) is 4.79 Å². The minimum Gasteiger partial charge on any atom is -0.408 e. The van der Waals surface area contributed by atoms with Crippen LogP contribution in [-0.4, -0.2) is 15.0 Å². The number of hydrogen-bond acceptors (Lipinski definition) is 7. The number of aryl methyl sites for hydroxylation is 1. The third-order valence-electron chi connectivity index (χ3n) is 4.75. The Bertz CT molecular complexity index is 1240. The summed E-state index contributed by atoms with van der Waals surface area (Å²) in [5.41, 5.74) is 6.42. The summed E-state index contributed by atoms with van der Waals surface area (Å²) in [6.07, 6.45) is 1.77. The fraction of sp³-hybridized carbons (Fsp3) is 0.150. The molecule has 140 valence electrons. The highest BCUT2D eigenvalue weighted by atomic mass is 16.4. The van der Waals surface area contributed by atoms with Crippen LogP contribution in [0.4, 0.5) is 23.1 Å². The highest BCUT2D eigenvalue weighted by Crippen LogP contribution is 2.25. The molecular formula is C20H18N6O2. The average molecular weight is 374 g/mol. The number of aromatic amines is 1. The second-order valence-corrected chi connectivity index (χ2v) is 6.79. The number of benzene rings is 2. The third-order valence-corrected chi connectivity index (χ3v) is 4.75. The van der Waals surface area contributed by atoms with Crippen molar-refractivity contribution in [2.24, 2.45) is 0 Å². The summed E-state index contributed by atoms with van der Waals surface area (Å²) in [6.45, 7) is 3.73. The third kappa shape index (κ3) is 3.10. The van der Waals surface area contributed by atoms with E-state index in [1.54, 1.807) is 12.3 Å². The zero-order chi connectivity index (χ0) is 19.1. The highest BCUT2D eigenvalue weighted by Gasteiger charge is 2.11. The van der Waals surface area contributed by atoms with E-state index in [1.165, 1.54) is 11.1 Å². The Kier molecular flexibility index (Phi) is 3.84. The van der Waals surface area contributed by atoms with Gasteiger partial charge in [-0.3, -0.25) is 4.98 Å². The van der Waals surface area contributed by atoms with Gasteiger partial charge in [0.2, 0.25) is 5.95 Å². The van der Waals surface area contributed by atoms with Crippen LogP contribution < -0.4 is 21.7 Å². The van der Waals surface area contributed by atoms with E-state index in [4.69, 9.17) is 4.42 Å². The largest absolute Gasteiger partial charge is 0.417 e. The van der Waals surface area contributed by atoms with Crippen LogP contribution in [0.1, 0.15) is 16.7 Å². The first-order valence-corrected chi connectivity index (χ1v) is 8.97. The van der Waals surface area contributed by atoms with E-state index in [0.29, 0.717) is 22.9 Å². The van der Waals surface area contributed by atoms with Gasteiger partial charge in [0.1, 0.15) is 5.82 Å². The Balaban J connectivity index is 1.41.